The molecule has 7 heavy (non-hydrogen) atoms. The summed E-state index contributed by atoms with van der Waals surface area (Å²) in [5.74, 6) is 0. The van der Waals surface area contributed by atoms with Crippen LogP contribution in [-0.4, -0.2) is 24.3 Å². The van der Waals surface area contributed by atoms with Gasteiger partial charge in [-0.1, -0.05) is 0 Å². The van der Waals surface area contributed by atoms with Gasteiger partial charge in [0.25, 0.3) is 0 Å². The molecular weight excluding hydrogens is 88.1 g/mol. The van der Waals surface area contributed by atoms with Gasteiger partial charge in [-0.25, -0.2) is 0 Å². The number of nitrogens with zero attached hydrogens (tertiary/aromatic N) is 2. The van der Waals surface area contributed by atoms with Crippen molar-refractivity contribution in [1.82, 2.24) is 5.01 Å². The molecule has 0 aliphatic carbocycles. The van der Waals surface area contributed by atoms with Crippen molar-refractivity contribution in [3.8, 4) is 0 Å². The van der Waals surface area contributed by atoms with Gasteiger partial charge in [-0.2, -0.15) is 5.10 Å². The largest absolute Gasteiger partial charge is 0.300 e. The van der Waals surface area contributed by atoms with Gasteiger partial charge in [0.1, 0.15) is 0 Å². The summed E-state index contributed by atoms with van der Waals surface area (Å²) < 4.78 is 0. The Morgan fingerprint density at radius 3 is 2.57 bits per heavy atom. The smallest absolute Gasteiger partial charge is 0.0409 e. The molecule has 2 heteroatoms. The van der Waals surface area contributed by atoms with Crippen LogP contribution in [0.2, 0.25) is 0 Å². The van der Waals surface area contributed by atoms with E-state index < -0.39 is 0 Å². The normalized spacial score (nSPS) is 20.3. The Hall–Kier alpha value is -0.530. The van der Waals surface area contributed by atoms with Crippen molar-refractivity contribution in [3.63, 3.8) is 0 Å². The number of hydrogen-bond acceptors (Lipinski definition) is 2. The molecule has 2 nitrogen and oxygen atoms in total. The minimum Gasteiger partial charge on any atom is -0.300 e. The molecule has 0 spiro atoms. The van der Waals surface area contributed by atoms with Gasteiger partial charge in [-0.05, 0) is 6.92 Å². The molecule has 0 saturated carbocycles. The summed E-state index contributed by atoms with van der Waals surface area (Å²) in [7, 11) is 2.00. The third-order valence-corrected chi connectivity index (χ3v) is 1.14. The summed E-state index contributed by atoms with van der Waals surface area (Å²) in [5.41, 5.74) is 1.25. The quantitative estimate of drug-likeness (QED) is 0.435. The maximum Gasteiger partial charge on any atom is 0.0409 e. The van der Waals surface area contributed by atoms with Gasteiger partial charge in [0.05, 0.1) is 0 Å². The number of rotatable bonds is 0. The molecule has 0 aromatic heterocycles. The van der Waals surface area contributed by atoms with E-state index in [-0.39, 0.29) is 0 Å². The molecule has 1 aliphatic rings. The van der Waals surface area contributed by atoms with Crippen LogP contribution in [0.15, 0.2) is 5.10 Å². The molecule has 0 saturated heterocycles. The third kappa shape index (κ3) is 0.918. The van der Waals surface area contributed by atoms with Crippen LogP contribution >= 0.6 is 0 Å². The Balaban J connectivity index is 2.50. The molecule has 0 amide bonds. The minimum atomic E-state index is 1.10. The van der Waals surface area contributed by atoms with Gasteiger partial charge in [-0.15, -0.1) is 0 Å². The first-order valence-corrected chi connectivity index (χ1v) is 2.54. The molecule has 0 bridgehead atoms. The Morgan fingerprint density at radius 1 is 1.71 bits per heavy atom. The van der Waals surface area contributed by atoms with E-state index in [1.807, 2.05) is 12.1 Å². The third-order valence-electron chi connectivity index (χ3n) is 1.14. The average Bonchev–Trinajstić information content (AvgIpc) is 1.87. The highest BCUT2D eigenvalue weighted by Crippen LogP contribution is 2.00. The second-order valence-corrected chi connectivity index (χ2v) is 1.97. The molecule has 0 radical (unpaired) electrons. The molecule has 1 aliphatic heterocycles. The lowest BCUT2D eigenvalue weighted by Crippen LogP contribution is -2.04. The minimum absolute atomic E-state index is 1.10. The first kappa shape index (κ1) is 4.62. The van der Waals surface area contributed by atoms with Crippen LogP contribution in [0.4, 0.5) is 0 Å². The van der Waals surface area contributed by atoms with Crippen molar-refractivity contribution in [2.24, 2.45) is 5.10 Å². The lowest BCUT2D eigenvalue weighted by atomic mass is 10.3. The van der Waals surface area contributed by atoms with Crippen molar-refractivity contribution in [1.29, 1.82) is 0 Å². The monoisotopic (exact) mass is 98.1 g/mol. The van der Waals surface area contributed by atoms with Crippen LogP contribution in [0, 0.1) is 0 Å². The second-order valence-electron chi connectivity index (χ2n) is 1.97. The van der Waals surface area contributed by atoms with Crippen LogP contribution in [-0.2, 0) is 0 Å². The summed E-state index contributed by atoms with van der Waals surface area (Å²) in [6.45, 7) is 3.16. The maximum atomic E-state index is 4.14. The van der Waals surface area contributed by atoms with Gasteiger partial charge >= 0.3 is 0 Å². The van der Waals surface area contributed by atoms with Crippen LogP contribution in [0.25, 0.3) is 0 Å². The summed E-state index contributed by atoms with van der Waals surface area (Å²) in [6, 6.07) is 0. The molecule has 0 aromatic rings. The molecule has 0 atom stereocenters. The van der Waals surface area contributed by atoms with Gasteiger partial charge in [-0.3, -0.25) is 5.01 Å². The Labute approximate surface area is 43.8 Å². The highest BCUT2D eigenvalue weighted by atomic mass is 15.4. The summed E-state index contributed by atoms with van der Waals surface area (Å²) in [4.78, 5) is 0. The van der Waals surface area contributed by atoms with Crippen molar-refractivity contribution in [2.45, 2.75) is 13.3 Å². The zero-order valence-electron chi connectivity index (χ0n) is 4.81. The van der Waals surface area contributed by atoms with Crippen LogP contribution in [0.3, 0.4) is 0 Å². The fraction of sp³-hybridized carbons (Fsp3) is 0.800. The fourth-order valence-electron chi connectivity index (χ4n) is 0.715. The van der Waals surface area contributed by atoms with E-state index in [1.54, 1.807) is 0 Å². The van der Waals surface area contributed by atoms with Crippen LogP contribution in [0.1, 0.15) is 13.3 Å². The first-order valence-electron chi connectivity index (χ1n) is 2.54. The van der Waals surface area contributed by atoms with Crippen LogP contribution in [0.5, 0.6) is 0 Å². The predicted octanol–water partition coefficient (Wildman–Crippen LogP) is 0.698. The standard InChI is InChI=1S/C5H10N2/c1-5-3-4-7(2)6-5/h3-4H2,1-2H3. The number of hydrogen-bond donors (Lipinski definition) is 0. The SMILES string of the molecule is CC1=NN(C)CC1. The van der Waals surface area contributed by atoms with E-state index >= 15 is 0 Å². The molecule has 0 fully saturated rings. The molecule has 1 rings (SSSR count). The van der Waals surface area contributed by atoms with Crippen molar-refractivity contribution >= 4 is 5.71 Å². The number of hydrazone groups is 1. The topological polar surface area (TPSA) is 15.6 Å². The van der Waals surface area contributed by atoms with E-state index in [1.165, 1.54) is 5.71 Å². The highest BCUT2D eigenvalue weighted by Gasteiger charge is 2.03. The molecule has 40 valence electrons. The zero-order chi connectivity index (χ0) is 5.28. The van der Waals surface area contributed by atoms with E-state index in [9.17, 15) is 0 Å². The molecule has 1 heterocycles. The van der Waals surface area contributed by atoms with E-state index in [2.05, 4.69) is 12.0 Å². The van der Waals surface area contributed by atoms with Crippen molar-refractivity contribution in [2.75, 3.05) is 13.6 Å². The summed E-state index contributed by atoms with van der Waals surface area (Å²) >= 11 is 0. The lowest BCUT2D eigenvalue weighted by Gasteiger charge is -2.00. The molecule has 0 N–H and O–H groups in total. The van der Waals surface area contributed by atoms with Gasteiger partial charge in [0, 0.05) is 25.7 Å². The first-order chi connectivity index (χ1) is 3.29. The lowest BCUT2D eigenvalue weighted by molar-refractivity contribution is 0.393. The Kier molecular flexibility index (Phi) is 1.01. The zero-order valence-corrected chi connectivity index (χ0v) is 4.81. The van der Waals surface area contributed by atoms with Gasteiger partial charge in [0.2, 0.25) is 0 Å². The Morgan fingerprint density at radius 2 is 2.43 bits per heavy atom. The second kappa shape index (κ2) is 1.52. The Bertz CT molecular complexity index is 96.3. The molecule has 0 unspecified atom stereocenters. The molecule has 0 aromatic carbocycles. The van der Waals surface area contributed by atoms with Crippen molar-refractivity contribution < 1.29 is 0 Å². The summed E-state index contributed by atoms with van der Waals surface area (Å²) in [5, 5.41) is 6.11. The van der Waals surface area contributed by atoms with Crippen LogP contribution < -0.4 is 0 Å². The fourth-order valence-corrected chi connectivity index (χ4v) is 0.715. The summed E-state index contributed by atoms with van der Waals surface area (Å²) in [6.07, 6.45) is 1.15. The highest BCUT2D eigenvalue weighted by molar-refractivity contribution is 5.82. The maximum absolute atomic E-state index is 4.14. The average molecular weight is 98.1 g/mol. The van der Waals surface area contributed by atoms with E-state index in [0.29, 0.717) is 0 Å². The molecular formula is C5H10N2. The van der Waals surface area contributed by atoms with Gasteiger partial charge in [0.15, 0.2) is 0 Å². The van der Waals surface area contributed by atoms with E-state index in [0.717, 1.165) is 13.0 Å². The van der Waals surface area contributed by atoms with E-state index in [4.69, 9.17) is 0 Å². The predicted molar refractivity (Wildman–Crippen MR) is 30.4 cm³/mol. The van der Waals surface area contributed by atoms with Crippen molar-refractivity contribution in [3.05, 3.63) is 0 Å². The van der Waals surface area contributed by atoms with Gasteiger partial charge < -0.3 is 0 Å².